The molecule has 0 aliphatic heterocycles. The maximum Gasteiger partial charge on any atom is 0.119 e. The third-order valence-corrected chi connectivity index (χ3v) is 2.86. The second-order valence-electron chi connectivity index (χ2n) is 4.23. The van der Waals surface area contributed by atoms with Gasteiger partial charge in [-0.3, -0.25) is 0 Å². The lowest BCUT2D eigenvalue weighted by Crippen LogP contribution is -1.83. The van der Waals surface area contributed by atoms with Crippen molar-refractivity contribution in [1.82, 2.24) is 0 Å². The van der Waals surface area contributed by atoms with Gasteiger partial charge >= 0.3 is 0 Å². The number of hydrogen-bond donors (Lipinski definition) is 2. The van der Waals surface area contributed by atoms with Gasteiger partial charge in [0.2, 0.25) is 0 Å². The van der Waals surface area contributed by atoms with Gasteiger partial charge in [-0.05, 0) is 34.2 Å². The summed E-state index contributed by atoms with van der Waals surface area (Å²) in [4.78, 5) is 0. The van der Waals surface area contributed by atoms with E-state index in [9.17, 15) is 10.2 Å². The Labute approximate surface area is 117 Å². The van der Waals surface area contributed by atoms with E-state index in [4.69, 9.17) is 12.2 Å². The van der Waals surface area contributed by atoms with E-state index in [-0.39, 0.29) is 11.5 Å². The molecule has 0 aromatic heterocycles. The fraction of sp³-hybridized carbons (Fsp3) is 0.0625. The van der Waals surface area contributed by atoms with Crippen LogP contribution in [0.15, 0.2) is 42.5 Å². The Hall–Kier alpha value is -2.13. The standard InChI is InChI=1S/C16H14O2S/c17-15-9-14(10-16(18)11-15)6-5-12-1-3-13(4-2-12)7-8-19/h1-6,8-11,17-18H,7H2/b6-5+. The maximum absolute atomic E-state index is 9.38. The smallest absolute Gasteiger partial charge is 0.119 e. The first-order valence-electron chi connectivity index (χ1n) is 5.91. The molecule has 0 aliphatic carbocycles. The Morgan fingerprint density at radius 2 is 1.42 bits per heavy atom. The number of rotatable bonds is 4. The van der Waals surface area contributed by atoms with E-state index in [1.807, 2.05) is 36.4 Å². The largest absolute Gasteiger partial charge is 0.508 e. The van der Waals surface area contributed by atoms with Crippen LogP contribution < -0.4 is 0 Å². The molecule has 0 unspecified atom stereocenters. The normalized spacial score (nSPS) is 10.7. The topological polar surface area (TPSA) is 40.5 Å². The van der Waals surface area contributed by atoms with E-state index in [0.717, 1.165) is 17.5 Å². The number of thiocarbonyl (C=S) groups is 1. The summed E-state index contributed by atoms with van der Waals surface area (Å²) in [5, 5.41) is 20.5. The Bertz CT molecular complexity index is 580. The van der Waals surface area contributed by atoms with E-state index < -0.39 is 0 Å². The Balaban J connectivity index is 2.15. The fourth-order valence-electron chi connectivity index (χ4n) is 1.77. The van der Waals surface area contributed by atoms with Crippen molar-refractivity contribution < 1.29 is 10.2 Å². The lowest BCUT2D eigenvalue weighted by atomic mass is 10.1. The van der Waals surface area contributed by atoms with Gasteiger partial charge in [0.1, 0.15) is 11.5 Å². The molecule has 2 aromatic rings. The number of phenols is 2. The van der Waals surface area contributed by atoms with Crippen molar-refractivity contribution >= 4 is 29.7 Å². The molecule has 19 heavy (non-hydrogen) atoms. The average molecular weight is 270 g/mol. The van der Waals surface area contributed by atoms with Crippen LogP contribution in [-0.2, 0) is 6.42 Å². The maximum atomic E-state index is 9.38. The van der Waals surface area contributed by atoms with Crippen LogP contribution in [0.2, 0.25) is 0 Å². The quantitative estimate of drug-likeness (QED) is 0.655. The molecule has 0 saturated heterocycles. The SMILES string of the molecule is Oc1cc(O)cc(/C=C/c2ccc(CC=S)cc2)c1. The third kappa shape index (κ3) is 3.93. The first-order valence-corrected chi connectivity index (χ1v) is 6.38. The molecule has 0 amide bonds. The van der Waals surface area contributed by atoms with Crippen LogP contribution in [0.1, 0.15) is 16.7 Å². The lowest BCUT2D eigenvalue weighted by molar-refractivity contribution is 0.450. The molecule has 0 atom stereocenters. The van der Waals surface area contributed by atoms with Gasteiger partial charge in [0.15, 0.2) is 0 Å². The molecule has 0 fully saturated rings. The van der Waals surface area contributed by atoms with E-state index in [2.05, 4.69) is 0 Å². The minimum atomic E-state index is 0.0518. The molecular weight excluding hydrogens is 256 g/mol. The zero-order valence-corrected chi connectivity index (χ0v) is 11.1. The van der Waals surface area contributed by atoms with E-state index in [1.54, 1.807) is 17.5 Å². The van der Waals surface area contributed by atoms with Gasteiger partial charge in [0, 0.05) is 12.5 Å². The second kappa shape index (κ2) is 6.16. The van der Waals surface area contributed by atoms with Crippen molar-refractivity contribution in [2.45, 2.75) is 6.42 Å². The van der Waals surface area contributed by atoms with E-state index in [1.165, 1.54) is 11.6 Å². The van der Waals surface area contributed by atoms with Crippen LogP contribution in [0, 0.1) is 0 Å². The van der Waals surface area contributed by atoms with Gasteiger partial charge in [-0.15, -0.1) is 0 Å². The van der Waals surface area contributed by atoms with Crippen LogP contribution in [0.25, 0.3) is 12.2 Å². The fourth-order valence-corrected chi connectivity index (χ4v) is 1.96. The molecule has 0 radical (unpaired) electrons. The van der Waals surface area contributed by atoms with Gasteiger partial charge in [-0.25, -0.2) is 0 Å². The predicted octanol–water partition coefficient (Wildman–Crippen LogP) is 3.81. The molecule has 0 spiro atoms. The molecule has 96 valence electrons. The van der Waals surface area contributed by atoms with Crippen LogP contribution in [-0.4, -0.2) is 15.6 Å². The van der Waals surface area contributed by atoms with E-state index in [0.29, 0.717) is 0 Å². The van der Waals surface area contributed by atoms with Crippen molar-refractivity contribution in [2.75, 3.05) is 0 Å². The summed E-state index contributed by atoms with van der Waals surface area (Å²) in [7, 11) is 0. The molecule has 3 heteroatoms. The van der Waals surface area contributed by atoms with Crippen LogP contribution >= 0.6 is 12.2 Å². The molecule has 2 N–H and O–H groups in total. The highest BCUT2D eigenvalue weighted by Gasteiger charge is 1.96. The second-order valence-corrected chi connectivity index (χ2v) is 4.56. The molecule has 2 aromatic carbocycles. The Morgan fingerprint density at radius 3 is 2.00 bits per heavy atom. The summed E-state index contributed by atoms with van der Waals surface area (Å²) in [6.45, 7) is 0. The molecular formula is C16H14O2S. The first kappa shape index (κ1) is 13.3. The summed E-state index contributed by atoms with van der Waals surface area (Å²) in [6, 6.07) is 12.6. The molecule has 0 heterocycles. The minimum absolute atomic E-state index is 0.0518. The highest BCUT2D eigenvalue weighted by molar-refractivity contribution is 7.78. The number of aromatic hydroxyl groups is 2. The molecule has 0 saturated carbocycles. The zero-order chi connectivity index (χ0) is 13.7. The lowest BCUT2D eigenvalue weighted by Gasteiger charge is -1.99. The van der Waals surface area contributed by atoms with E-state index >= 15 is 0 Å². The summed E-state index contributed by atoms with van der Waals surface area (Å²) in [6.07, 6.45) is 4.56. The van der Waals surface area contributed by atoms with Gasteiger partial charge in [0.25, 0.3) is 0 Å². The minimum Gasteiger partial charge on any atom is -0.508 e. The molecule has 2 rings (SSSR count). The number of phenolic OH excluding ortho intramolecular Hbond substituents is 2. The monoisotopic (exact) mass is 270 g/mol. The average Bonchev–Trinajstić information content (AvgIpc) is 2.37. The highest BCUT2D eigenvalue weighted by atomic mass is 32.1. The number of benzene rings is 2. The van der Waals surface area contributed by atoms with Crippen LogP contribution in [0.3, 0.4) is 0 Å². The van der Waals surface area contributed by atoms with Gasteiger partial charge in [0.05, 0.1) is 0 Å². The summed E-state index contributed by atoms with van der Waals surface area (Å²) in [5.74, 6) is 0.104. The summed E-state index contributed by atoms with van der Waals surface area (Å²) < 4.78 is 0. The summed E-state index contributed by atoms with van der Waals surface area (Å²) in [5.41, 5.74) is 2.98. The third-order valence-electron chi connectivity index (χ3n) is 2.69. The zero-order valence-electron chi connectivity index (χ0n) is 10.3. The Morgan fingerprint density at radius 1 is 0.842 bits per heavy atom. The van der Waals surface area contributed by atoms with Crippen molar-refractivity contribution in [1.29, 1.82) is 0 Å². The van der Waals surface area contributed by atoms with Gasteiger partial charge < -0.3 is 10.2 Å². The van der Waals surface area contributed by atoms with Gasteiger partial charge in [-0.1, -0.05) is 48.6 Å². The molecule has 0 bridgehead atoms. The predicted molar refractivity (Wildman–Crippen MR) is 82.5 cm³/mol. The first-order chi connectivity index (χ1) is 9.17. The molecule has 2 nitrogen and oxygen atoms in total. The Kier molecular flexibility index (Phi) is 4.31. The molecule has 0 aliphatic rings. The number of hydrogen-bond acceptors (Lipinski definition) is 3. The van der Waals surface area contributed by atoms with Crippen molar-refractivity contribution in [3.8, 4) is 11.5 Å². The van der Waals surface area contributed by atoms with Crippen LogP contribution in [0.5, 0.6) is 11.5 Å². The van der Waals surface area contributed by atoms with Gasteiger partial charge in [-0.2, -0.15) is 0 Å². The highest BCUT2D eigenvalue weighted by Crippen LogP contribution is 2.22. The van der Waals surface area contributed by atoms with Crippen LogP contribution in [0.4, 0.5) is 0 Å². The summed E-state index contributed by atoms with van der Waals surface area (Å²) >= 11 is 4.82. The van der Waals surface area contributed by atoms with Crippen molar-refractivity contribution in [3.63, 3.8) is 0 Å². The van der Waals surface area contributed by atoms with Crippen molar-refractivity contribution in [2.24, 2.45) is 0 Å². The van der Waals surface area contributed by atoms with Crippen molar-refractivity contribution in [3.05, 3.63) is 59.2 Å².